The molecule has 1 atom stereocenters. The van der Waals surface area contributed by atoms with Gasteiger partial charge in [0.2, 0.25) is 10.0 Å². The van der Waals surface area contributed by atoms with Crippen LogP contribution in [-0.4, -0.2) is 73.7 Å². The minimum Gasteiger partial charge on any atom is -0.480 e. The van der Waals surface area contributed by atoms with Crippen LogP contribution in [0.2, 0.25) is 0 Å². The molecule has 0 aromatic rings. The smallest absolute Gasteiger partial charge is 0.322 e. The number of sulfonamides is 1. The van der Waals surface area contributed by atoms with Crippen molar-refractivity contribution in [2.75, 3.05) is 39.0 Å². The molecular formula is C8H18ClN3O4S. The molecule has 102 valence electrons. The van der Waals surface area contributed by atoms with Crippen LogP contribution in [0.4, 0.5) is 0 Å². The topological polar surface area (TPSA) is 104 Å². The van der Waals surface area contributed by atoms with E-state index in [2.05, 4.69) is 0 Å². The molecule has 1 fully saturated rings. The van der Waals surface area contributed by atoms with E-state index in [1.807, 2.05) is 0 Å². The van der Waals surface area contributed by atoms with Crippen molar-refractivity contribution in [2.24, 2.45) is 5.73 Å². The summed E-state index contributed by atoms with van der Waals surface area (Å²) >= 11 is 0. The van der Waals surface area contributed by atoms with Crippen LogP contribution in [0.25, 0.3) is 0 Å². The standard InChI is InChI=1S/C8H17N3O4S.ClH/c1-16(14,15)11-4-2-10(3-5-11)7(6-9)8(12)13;/h7H,2-6,9H2,1H3,(H,12,13);1H/t7-;/m0./s1. The fourth-order valence-corrected chi connectivity index (χ4v) is 2.58. The molecule has 1 saturated heterocycles. The number of hydrogen-bond donors (Lipinski definition) is 2. The second-order valence-electron chi connectivity index (χ2n) is 3.79. The molecule has 0 saturated carbocycles. The van der Waals surface area contributed by atoms with Gasteiger partial charge in [0.05, 0.1) is 6.26 Å². The first-order valence-corrected chi connectivity index (χ1v) is 6.83. The number of aliphatic carboxylic acids is 1. The summed E-state index contributed by atoms with van der Waals surface area (Å²) in [5.74, 6) is -0.963. The monoisotopic (exact) mass is 287 g/mol. The third-order valence-electron chi connectivity index (χ3n) is 2.69. The maximum absolute atomic E-state index is 11.2. The Morgan fingerprint density at radius 2 is 1.82 bits per heavy atom. The first kappa shape index (κ1) is 16.6. The number of rotatable bonds is 4. The molecule has 3 N–H and O–H groups in total. The van der Waals surface area contributed by atoms with Gasteiger partial charge >= 0.3 is 5.97 Å². The SMILES string of the molecule is CS(=O)(=O)N1CCN([C@@H](CN)C(=O)O)CC1.Cl. The normalized spacial score (nSPS) is 20.6. The van der Waals surface area contributed by atoms with Crippen molar-refractivity contribution in [3.05, 3.63) is 0 Å². The highest BCUT2D eigenvalue weighted by molar-refractivity contribution is 7.88. The quantitative estimate of drug-likeness (QED) is 0.645. The number of piperazine rings is 1. The van der Waals surface area contributed by atoms with Crippen molar-refractivity contribution in [1.82, 2.24) is 9.21 Å². The number of carboxylic acids is 1. The largest absolute Gasteiger partial charge is 0.480 e. The van der Waals surface area contributed by atoms with Gasteiger partial charge in [-0.1, -0.05) is 0 Å². The molecule has 0 spiro atoms. The van der Waals surface area contributed by atoms with Crippen molar-refractivity contribution in [1.29, 1.82) is 0 Å². The van der Waals surface area contributed by atoms with Crippen LogP contribution in [0.3, 0.4) is 0 Å². The Labute approximate surface area is 107 Å². The summed E-state index contributed by atoms with van der Waals surface area (Å²) in [6, 6.07) is -0.721. The van der Waals surface area contributed by atoms with Gasteiger partial charge in [0.1, 0.15) is 6.04 Å². The van der Waals surface area contributed by atoms with Gasteiger partial charge in [0, 0.05) is 32.7 Å². The van der Waals surface area contributed by atoms with E-state index in [1.165, 1.54) is 4.31 Å². The number of halogens is 1. The van der Waals surface area contributed by atoms with E-state index in [4.69, 9.17) is 10.8 Å². The summed E-state index contributed by atoms with van der Waals surface area (Å²) < 4.78 is 23.8. The Bertz CT molecular complexity index is 354. The number of carbonyl (C=O) groups is 1. The fraction of sp³-hybridized carbons (Fsp3) is 0.875. The summed E-state index contributed by atoms with van der Waals surface area (Å²) in [6.45, 7) is 1.49. The van der Waals surface area contributed by atoms with Gasteiger partial charge in [-0.15, -0.1) is 12.4 Å². The van der Waals surface area contributed by atoms with Crippen LogP contribution < -0.4 is 5.73 Å². The maximum atomic E-state index is 11.2. The molecule has 1 aliphatic heterocycles. The number of nitrogens with zero attached hydrogens (tertiary/aromatic N) is 2. The van der Waals surface area contributed by atoms with Crippen molar-refractivity contribution >= 4 is 28.4 Å². The molecule has 0 amide bonds. The second-order valence-corrected chi connectivity index (χ2v) is 5.77. The van der Waals surface area contributed by atoms with E-state index >= 15 is 0 Å². The van der Waals surface area contributed by atoms with E-state index in [1.54, 1.807) is 4.90 Å². The Morgan fingerprint density at radius 3 is 2.12 bits per heavy atom. The van der Waals surface area contributed by atoms with Gasteiger partial charge in [0.25, 0.3) is 0 Å². The summed E-state index contributed by atoms with van der Waals surface area (Å²) in [4.78, 5) is 12.6. The first-order chi connectivity index (χ1) is 7.36. The van der Waals surface area contributed by atoms with Crippen LogP contribution in [0.1, 0.15) is 0 Å². The highest BCUT2D eigenvalue weighted by Crippen LogP contribution is 2.08. The van der Waals surface area contributed by atoms with Crippen molar-refractivity contribution in [3.63, 3.8) is 0 Å². The predicted octanol–water partition coefficient (Wildman–Crippen LogP) is -1.60. The van der Waals surface area contributed by atoms with Crippen LogP contribution in [0.15, 0.2) is 0 Å². The van der Waals surface area contributed by atoms with E-state index in [9.17, 15) is 13.2 Å². The van der Waals surface area contributed by atoms with E-state index in [0.29, 0.717) is 26.2 Å². The lowest BCUT2D eigenvalue weighted by atomic mass is 10.2. The van der Waals surface area contributed by atoms with Crippen molar-refractivity contribution in [2.45, 2.75) is 6.04 Å². The molecule has 0 aliphatic carbocycles. The van der Waals surface area contributed by atoms with E-state index < -0.39 is 22.0 Å². The van der Waals surface area contributed by atoms with Crippen molar-refractivity contribution < 1.29 is 18.3 Å². The van der Waals surface area contributed by atoms with Gasteiger partial charge in [0.15, 0.2) is 0 Å². The molecular weight excluding hydrogens is 270 g/mol. The third kappa shape index (κ3) is 4.40. The molecule has 0 bridgehead atoms. The van der Waals surface area contributed by atoms with Crippen LogP contribution in [0.5, 0.6) is 0 Å². The number of nitrogens with two attached hydrogens (primary N) is 1. The Kier molecular flexibility index (Phi) is 6.35. The molecule has 0 radical (unpaired) electrons. The Balaban J connectivity index is 0.00000256. The van der Waals surface area contributed by atoms with E-state index in [0.717, 1.165) is 6.26 Å². The average molecular weight is 288 g/mol. The van der Waals surface area contributed by atoms with Crippen molar-refractivity contribution in [3.8, 4) is 0 Å². The average Bonchev–Trinajstić information content (AvgIpc) is 2.17. The lowest BCUT2D eigenvalue weighted by Crippen LogP contribution is -2.55. The molecule has 1 rings (SSSR count). The minimum absolute atomic E-state index is 0. The van der Waals surface area contributed by atoms with Gasteiger partial charge in [-0.3, -0.25) is 9.69 Å². The predicted molar refractivity (Wildman–Crippen MR) is 65.7 cm³/mol. The molecule has 0 aromatic heterocycles. The molecule has 1 aliphatic rings. The molecule has 0 aromatic carbocycles. The zero-order valence-electron chi connectivity index (χ0n) is 9.57. The summed E-state index contributed by atoms with van der Waals surface area (Å²) in [5, 5.41) is 8.90. The molecule has 0 unspecified atom stereocenters. The third-order valence-corrected chi connectivity index (χ3v) is 3.99. The second kappa shape index (κ2) is 6.50. The zero-order valence-corrected chi connectivity index (χ0v) is 11.2. The Hall–Kier alpha value is -0.410. The van der Waals surface area contributed by atoms with Crippen LogP contribution >= 0.6 is 12.4 Å². The first-order valence-electron chi connectivity index (χ1n) is 4.98. The zero-order chi connectivity index (χ0) is 12.3. The molecule has 9 heteroatoms. The van der Waals surface area contributed by atoms with Gasteiger partial charge in [-0.2, -0.15) is 4.31 Å². The molecule has 7 nitrogen and oxygen atoms in total. The van der Waals surface area contributed by atoms with Gasteiger partial charge < -0.3 is 10.8 Å². The molecule has 17 heavy (non-hydrogen) atoms. The highest BCUT2D eigenvalue weighted by atomic mass is 35.5. The lowest BCUT2D eigenvalue weighted by Gasteiger charge is -2.36. The number of carboxylic acid groups (broad SMARTS) is 1. The molecule has 1 heterocycles. The van der Waals surface area contributed by atoms with E-state index in [-0.39, 0.29) is 19.0 Å². The maximum Gasteiger partial charge on any atom is 0.322 e. The van der Waals surface area contributed by atoms with Gasteiger partial charge in [-0.25, -0.2) is 8.42 Å². The summed E-state index contributed by atoms with van der Waals surface area (Å²) in [5.41, 5.74) is 5.37. The Morgan fingerprint density at radius 1 is 1.35 bits per heavy atom. The fourth-order valence-electron chi connectivity index (χ4n) is 1.75. The van der Waals surface area contributed by atoms with Crippen LogP contribution in [-0.2, 0) is 14.8 Å². The lowest BCUT2D eigenvalue weighted by molar-refractivity contribution is -0.143. The summed E-state index contributed by atoms with van der Waals surface area (Å²) in [7, 11) is -3.17. The van der Waals surface area contributed by atoms with Crippen LogP contribution in [0, 0.1) is 0 Å². The highest BCUT2D eigenvalue weighted by Gasteiger charge is 2.30. The van der Waals surface area contributed by atoms with Gasteiger partial charge in [-0.05, 0) is 0 Å². The summed E-state index contributed by atoms with van der Waals surface area (Å²) in [6.07, 6.45) is 1.15. The number of hydrogen-bond acceptors (Lipinski definition) is 5. The minimum atomic E-state index is -3.17.